The summed E-state index contributed by atoms with van der Waals surface area (Å²) in [5.41, 5.74) is -0.582. The lowest BCUT2D eigenvalue weighted by Gasteiger charge is -2.14. The van der Waals surface area contributed by atoms with Crippen LogP contribution >= 0.6 is 0 Å². The molecule has 1 aromatic carbocycles. The van der Waals surface area contributed by atoms with Gasteiger partial charge in [-0.15, -0.1) is 0 Å². The van der Waals surface area contributed by atoms with Crippen LogP contribution in [0.4, 0.5) is 17.6 Å². The van der Waals surface area contributed by atoms with Gasteiger partial charge in [0.05, 0.1) is 13.5 Å². The fourth-order valence-electron chi connectivity index (χ4n) is 1.30. The van der Waals surface area contributed by atoms with Crippen molar-refractivity contribution in [2.24, 2.45) is 0 Å². The highest BCUT2D eigenvalue weighted by Gasteiger charge is 2.29. The molecule has 0 radical (unpaired) electrons. The van der Waals surface area contributed by atoms with Gasteiger partial charge >= 0.3 is 6.18 Å². The van der Waals surface area contributed by atoms with E-state index in [0.717, 1.165) is 23.3 Å². The molecular weight excluding hydrogens is 254 g/mol. The second-order valence-corrected chi connectivity index (χ2v) is 3.58. The van der Waals surface area contributed by atoms with E-state index in [0.29, 0.717) is 0 Å². The van der Waals surface area contributed by atoms with E-state index >= 15 is 0 Å². The summed E-state index contributed by atoms with van der Waals surface area (Å²) in [7, 11) is 2.55. The van der Waals surface area contributed by atoms with Crippen LogP contribution in [-0.2, 0) is 11.3 Å². The minimum Gasteiger partial charge on any atom is -0.274 e. The molecule has 0 aliphatic carbocycles. The molecule has 0 heterocycles. The van der Waals surface area contributed by atoms with E-state index in [1.165, 1.54) is 14.2 Å². The summed E-state index contributed by atoms with van der Waals surface area (Å²) in [5.74, 6) is -1.71. The summed E-state index contributed by atoms with van der Waals surface area (Å²) in [5, 5.41) is 0.845. The van der Waals surface area contributed by atoms with Crippen LogP contribution in [0.1, 0.15) is 15.9 Å². The van der Waals surface area contributed by atoms with Crippen molar-refractivity contribution < 1.29 is 27.2 Å². The molecule has 0 bridgehead atoms. The molecule has 0 fully saturated rings. The predicted octanol–water partition coefficient (Wildman–Crippen LogP) is 2.56. The Hall–Kier alpha value is -1.63. The van der Waals surface area contributed by atoms with Gasteiger partial charge in [-0.25, -0.2) is 9.45 Å². The number of nitrogens with zero attached hydrogens (tertiary/aromatic N) is 1. The standard InChI is InChI=1S/C11H11F4NO2/c1-16(18-2)10(17)7-3-4-8(9(12)5-7)6-11(13,14)15/h3-5H,6H2,1-2H3. The molecule has 1 rings (SSSR count). The minimum absolute atomic E-state index is 0.0808. The van der Waals surface area contributed by atoms with Gasteiger partial charge in [0.1, 0.15) is 5.82 Å². The highest BCUT2D eigenvalue weighted by Crippen LogP contribution is 2.23. The van der Waals surface area contributed by atoms with Gasteiger partial charge in [-0.3, -0.25) is 9.63 Å². The second-order valence-electron chi connectivity index (χ2n) is 3.58. The van der Waals surface area contributed by atoms with Crippen LogP contribution in [-0.4, -0.2) is 31.3 Å². The molecule has 0 aromatic heterocycles. The molecule has 0 saturated heterocycles. The number of alkyl halides is 3. The number of hydroxylamine groups is 2. The lowest BCUT2D eigenvalue weighted by atomic mass is 10.1. The molecule has 0 unspecified atom stereocenters. The number of carbonyl (C=O) groups is 1. The first-order chi connectivity index (χ1) is 8.24. The number of hydrogen-bond acceptors (Lipinski definition) is 2. The van der Waals surface area contributed by atoms with E-state index in [1.807, 2.05) is 0 Å². The van der Waals surface area contributed by atoms with Gasteiger partial charge in [0.15, 0.2) is 0 Å². The Morgan fingerprint density at radius 1 is 1.39 bits per heavy atom. The summed E-state index contributed by atoms with van der Waals surface area (Å²) < 4.78 is 49.7. The van der Waals surface area contributed by atoms with Gasteiger partial charge in [-0.1, -0.05) is 6.07 Å². The summed E-state index contributed by atoms with van der Waals surface area (Å²) in [6, 6.07) is 2.83. The van der Waals surface area contributed by atoms with E-state index in [1.54, 1.807) is 0 Å². The highest BCUT2D eigenvalue weighted by atomic mass is 19.4. The molecule has 1 amide bonds. The zero-order valence-electron chi connectivity index (χ0n) is 9.71. The van der Waals surface area contributed by atoms with Crippen LogP contribution in [0.25, 0.3) is 0 Å². The van der Waals surface area contributed by atoms with Crippen molar-refractivity contribution in [2.75, 3.05) is 14.2 Å². The third-order valence-corrected chi connectivity index (χ3v) is 2.25. The lowest BCUT2D eigenvalue weighted by molar-refractivity contribution is -0.127. The number of halogens is 4. The number of carbonyl (C=O) groups excluding carboxylic acids is 1. The third-order valence-electron chi connectivity index (χ3n) is 2.25. The molecule has 0 saturated carbocycles. The minimum atomic E-state index is -4.49. The van der Waals surface area contributed by atoms with Crippen molar-refractivity contribution in [3.05, 3.63) is 35.1 Å². The van der Waals surface area contributed by atoms with Crippen molar-refractivity contribution in [2.45, 2.75) is 12.6 Å². The van der Waals surface area contributed by atoms with Gasteiger partial charge in [0, 0.05) is 12.6 Å². The average Bonchev–Trinajstić information content (AvgIpc) is 2.28. The summed E-state index contributed by atoms with van der Waals surface area (Å²) in [6.07, 6.45) is -5.86. The van der Waals surface area contributed by atoms with Crippen molar-refractivity contribution in [3.8, 4) is 0 Å². The molecule has 7 heteroatoms. The number of benzene rings is 1. The Bertz CT molecular complexity index is 445. The summed E-state index contributed by atoms with van der Waals surface area (Å²) >= 11 is 0. The maximum absolute atomic E-state index is 13.4. The SMILES string of the molecule is CON(C)C(=O)c1ccc(CC(F)(F)F)c(F)c1. The molecule has 0 aliphatic heterocycles. The zero-order valence-corrected chi connectivity index (χ0v) is 9.71. The van der Waals surface area contributed by atoms with E-state index in [-0.39, 0.29) is 5.56 Å². The Balaban J connectivity index is 2.96. The molecule has 18 heavy (non-hydrogen) atoms. The van der Waals surface area contributed by atoms with Crippen molar-refractivity contribution in [1.29, 1.82) is 0 Å². The van der Waals surface area contributed by atoms with Crippen LogP contribution in [0.3, 0.4) is 0 Å². The van der Waals surface area contributed by atoms with Gasteiger partial charge in [0.2, 0.25) is 0 Å². The molecule has 1 aromatic rings. The average molecular weight is 265 g/mol. The molecule has 0 N–H and O–H groups in total. The predicted molar refractivity (Wildman–Crippen MR) is 55.3 cm³/mol. The van der Waals surface area contributed by atoms with Crippen molar-refractivity contribution in [3.63, 3.8) is 0 Å². The first-order valence-electron chi connectivity index (χ1n) is 4.92. The van der Waals surface area contributed by atoms with Gasteiger partial charge in [0.25, 0.3) is 5.91 Å². The van der Waals surface area contributed by atoms with E-state index in [9.17, 15) is 22.4 Å². The van der Waals surface area contributed by atoms with Crippen molar-refractivity contribution in [1.82, 2.24) is 5.06 Å². The normalized spacial score (nSPS) is 11.4. The monoisotopic (exact) mass is 265 g/mol. The van der Waals surface area contributed by atoms with E-state index in [2.05, 4.69) is 4.84 Å². The Morgan fingerprint density at radius 2 is 2.00 bits per heavy atom. The lowest BCUT2D eigenvalue weighted by Crippen LogP contribution is -2.25. The number of rotatable bonds is 3. The smallest absolute Gasteiger partial charge is 0.274 e. The Kier molecular flexibility index (Phi) is 4.28. The van der Waals surface area contributed by atoms with E-state index < -0.39 is 29.9 Å². The van der Waals surface area contributed by atoms with Gasteiger partial charge in [-0.05, 0) is 17.7 Å². The van der Waals surface area contributed by atoms with Crippen LogP contribution in [0.2, 0.25) is 0 Å². The van der Waals surface area contributed by atoms with Crippen LogP contribution in [0, 0.1) is 5.82 Å². The van der Waals surface area contributed by atoms with Crippen LogP contribution in [0.15, 0.2) is 18.2 Å². The third kappa shape index (κ3) is 3.69. The fraction of sp³-hybridized carbons (Fsp3) is 0.364. The maximum atomic E-state index is 13.4. The molecular formula is C11H11F4NO2. The molecule has 3 nitrogen and oxygen atoms in total. The number of amides is 1. The van der Waals surface area contributed by atoms with Crippen LogP contribution in [0.5, 0.6) is 0 Å². The quantitative estimate of drug-likeness (QED) is 0.621. The van der Waals surface area contributed by atoms with Crippen LogP contribution < -0.4 is 0 Å². The summed E-state index contributed by atoms with van der Waals surface area (Å²) in [4.78, 5) is 16.1. The largest absolute Gasteiger partial charge is 0.393 e. The Labute approximate surface area is 101 Å². The fourth-order valence-corrected chi connectivity index (χ4v) is 1.30. The first kappa shape index (κ1) is 14.4. The molecule has 0 spiro atoms. The topological polar surface area (TPSA) is 29.5 Å². The van der Waals surface area contributed by atoms with Crippen molar-refractivity contribution >= 4 is 5.91 Å². The van der Waals surface area contributed by atoms with Gasteiger partial charge < -0.3 is 0 Å². The summed E-state index contributed by atoms with van der Waals surface area (Å²) in [6.45, 7) is 0. The molecule has 100 valence electrons. The molecule has 0 aliphatic rings. The van der Waals surface area contributed by atoms with Gasteiger partial charge in [-0.2, -0.15) is 13.2 Å². The molecule has 0 atom stereocenters. The number of hydrogen-bond donors (Lipinski definition) is 0. The maximum Gasteiger partial charge on any atom is 0.393 e. The second kappa shape index (κ2) is 5.34. The Morgan fingerprint density at radius 3 is 2.44 bits per heavy atom. The zero-order chi connectivity index (χ0) is 13.9. The van der Waals surface area contributed by atoms with E-state index in [4.69, 9.17) is 0 Å². The highest BCUT2D eigenvalue weighted by molar-refractivity contribution is 5.93. The first-order valence-corrected chi connectivity index (χ1v) is 4.92.